The summed E-state index contributed by atoms with van der Waals surface area (Å²) < 4.78 is 0. The molecule has 0 fully saturated rings. The maximum absolute atomic E-state index is 6.69. The summed E-state index contributed by atoms with van der Waals surface area (Å²) >= 11 is 0. The first-order valence-corrected chi connectivity index (χ1v) is 12.1. The molecule has 0 aromatic carbocycles. The van der Waals surface area contributed by atoms with Gasteiger partial charge in [0.1, 0.15) is 0 Å². The number of nitrogens with one attached hydrogen (secondary N) is 1. The third kappa shape index (κ3) is 73.5. The summed E-state index contributed by atoms with van der Waals surface area (Å²) in [5, 5.41) is 6.69. The Bertz CT molecular complexity index is 237. The molecular formula is C26H60N2. The van der Waals surface area contributed by atoms with Crippen molar-refractivity contribution in [2.45, 2.75) is 134 Å². The molecule has 0 rings (SSSR count). The van der Waals surface area contributed by atoms with Crippen LogP contribution in [0.5, 0.6) is 0 Å². The van der Waals surface area contributed by atoms with Gasteiger partial charge in [-0.1, -0.05) is 120 Å². The minimum atomic E-state index is 0.812. The molecule has 28 heavy (non-hydrogen) atoms. The van der Waals surface area contributed by atoms with Crippen LogP contribution in [0.15, 0.2) is 24.4 Å². The molecule has 0 aromatic heterocycles. The van der Waals surface area contributed by atoms with Crippen LogP contribution >= 0.6 is 0 Å². The molecule has 174 valence electrons. The summed E-state index contributed by atoms with van der Waals surface area (Å²) in [6.07, 6.45) is 16.3. The number of rotatable bonds is 10. The number of nitrogens with two attached hydrogens (primary N) is 1. The Morgan fingerprint density at radius 1 is 0.857 bits per heavy atom. The van der Waals surface area contributed by atoms with Crippen molar-refractivity contribution in [2.24, 2.45) is 11.7 Å². The van der Waals surface area contributed by atoms with Crippen molar-refractivity contribution in [3.05, 3.63) is 24.4 Å². The highest BCUT2D eigenvalue weighted by molar-refractivity contribution is 5.68. The van der Waals surface area contributed by atoms with Gasteiger partial charge in [-0.05, 0) is 31.8 Å². The van der Waals surface area contributed by atoms with Gasteiger partial charge in [0.25, 0.3) is 0 Å². The monoisotopic (exact) mass is 400 g/mol. The van der Waals surface area contributed by atoms with Crippen LogP contribution in [0.25, 0.3) is 0 Å². The molecule has 0 aliphatic rings. The maximum Gasteiger partial charge on any atom is 0.0194 e. The van der Waals surface area contributed by atoms with Crippen molar-refractivity contribution in [3.8, 4) is 0 Å². The van der Waals surface area contributed by atoms with E-state index in [4.69, 9.17) is 11.1 Å². The van der Waals surface area contributed by atoms with E-state index in [0.717, 1.165) is 30.9 Å². The molecule has 0 aromatic rings. The minimum Gasteiger partial charge on any atom is -0.402 e. The summed E-state index contributed by atoms with van der Waals surface area (Å²) in [6, 6.07) is 0. The van der Waals surface area contributed by atoms with Crippen LogP contribution in [0.4, 0.5) is 0 Å². The van der Waals surface area contributed by atoms with Gasteiger partial charge in [-0.25, -0.2) is 0 Å². The molecule has 0 saturated heterocycles. The summed E-state index contributed by atoms with van der Waals surface area (Å²) in [5.74, 6) is 0.972. The third-order valence-corrected chi connectivity index (χ3v) is 3.22. The van der Waals surface area contributed by atoms with E-state index in [1.807, 2.05) is 48.5 Å². The SMILES string of the molecule is C=CC.CC.CC.CC.CCCC/C(N)=C/C=N.CCCCC(C)CCCC. The molecule has 0 unspecified atom stereocenters. The molecule has 0 atom stereocenters. The van der Waals surface area contributed by atoms with Gasteiger partial charge >= 0.3 is 0 Å². The highest BCUT2D eigenvalue weighted by Gasteiger charge is 1.98. The Hall–Kier alpha value is -1.05. The van der Waals surface area contributed by atoms with E-state index >= 15 is 0 Å². The molecule has 0 radical (unpaired) electrons. The van der Waals surface area contributed by atoms with Crippen LogP contribution in [0.3, 0.4) is 0 Å². The fourth-order valence-corrected chi connectivity index (χ4v) is 1.82. The molecule has 3 N–H and O–H groups in total. The van der Waals surface area contributed by atoms with Crippen molar-refractivity contribution in [3.63, 3.8) is 0 Å². The lowest BCUT2D eigenvalue weighted by Gasteiger charge is -2.08. The second-order valence-corrected chi connectivity index (χ2v) is 5.81. The maximum atomic E-state index is 6.69. The predicted molar refractivity (Wildman–Crippen MR) is 139 cm³/mol. The molecule has 2 heteroatoms. The molecule has 0 aliphatic carbocycles. The van der Waals surface area contributed by atoms with Crippen molar-refractivity contribution < 1.29 is 0 Å². The van der Waals surface area contributed by atoms with E-state index in [0.29, 0.717) is 0 Å². The molecular weight excluding hydrogens is 340 g/mol. The summed E-state index contributed by atoms with van der Waals surface area (Å²) in [6.45, 7) is 26.3. The second-order valence-electron chi connectivity index (χ2n) is 5.81. The van der Waals surface area contributed by atoms with Gasteiger partial charge in [0.05, 0.1) is 0 Å². The Morgan fingerprint density at radius 2 is 1.18 bits per heavy atom. The Labute approximate surface area is 182 Å². The fraction of sp³-hybridized carbons (Fsp3) is 0.808. The van der Waals surface area contributed by atoms with E-state index in [1.54, 1.807) is 12.2 Å². The minimum absolute atomic E-state index is 0.812. The van der Waals surface area contributed by atoms with Gasteiger partial charge in [-0.2, -0.15) is 0 Å². The van der Waals surface area contributed by atoms with Crippen molar-refractivity contribution in [2.75, 3.05) is 0 Å². The summed E-state index contributed by atoms with van der Waals surface area (Å²) in [4.78, 5) is 0. The van der Waals surface area contributed by atoms with Gasteiger partial charge in [0.15, 0.2) is 0 Å². The summed E-state index contributed by atoms with van der Waals surface area (Å²) in [7, 11) is 0. The summed E-state index contributed by atoms with van der Waals surface area (Å²) in [5.41, 5.74) is 6.29. The molecule has 2 nitrogen and oxygen atoms in total. The highest BCUT2D eigenvalue weighted by Crippen LogP contribution is 2.14. The van der Waals surface area contributed by atoms with Gasteiger partial charge in [0.2, 0.25) is 0 Å². The molecule has 0 amide bonds. The van der Waals surface area contributed by atoms with E-state index in [-0.39, 0.29) is 0 Å². The van der Waals surface area contributed by atoms with Crippen LogP contribution in [-0.4, -0.2) is 6.21 Å². The van der Waals surface area contributed by atoms with Crippen molar-refractivity contribution >= 4 is 6.21 Å². The van der Waals surface area contributed by atoms with E-state index in [9.17, 15) is 0 Å². The predicted octanol–water partition coefficient (Wildman–Crippen LogP) is 9.94. The zero-order valence-electron chi connectivity index (χ0n) is 22.0. The standard InChI is InChI=1S/C10H22.C7H14N2.C3H6.3C2H6/c1-4-6-8-10(3)9-7-5-2;1-2-3-4-7(9)5-6-8;1-3-2;3*1-2/h10H,4-9H2,1-3H3;5-6,8H,2-4,9H2,1H3;3H,1H2,2H3;3*1-2H3/b;7-5-,8-6?;;;;. The molecule has 0 saturated carbocycles. The smallest absolute Gasteiger partial charge is 0.0194 e. The van der Waals surface area contributed by atoms with Gasteiger partial charge in [-0.3, -0.25) is 0 Å². The van der Waals surface area contributed by atoms with Gasteiger partial charge in [-0.15, -0.1) is 6.58 Å². The lowest BCUT2D eigenvalue weighted by Crippen LogP contribution is -1.96. The van der Waals surface area contributed by atoms with Crippen LogP contribution in [0.1, 0.15) is 134 Å². The number of hydrogen-bond donors (Lipinski definition) is 2. The molecule has 0 spiro atoms. The van der Waals surface area contributed by atoms with Gasteiger partial charge in [0, 0.05) is 11.9 Å². The lowest BCUT2D eigenvalue weighted by molar-refractivity contribution is 0.454. The topological polar surface area (TPSA) is 49.9 Å². The van der Waals surface area contributed by atoms with E-state index in [2.05, 4.69) is 34.3 Å². The van der Waals surface area contributed by atoms with Crippen molar-refractivity contribution in [1.82, 2.24) is 0 Å². The molecule has 0 aliphatic heterocycles. The molecule has 0 heterocycles. The Morgan fingerprint density at radius 3 is 1.43 bits per heavy atom. The first kappa shape index (κ1) is 41.3. The number of allylic oxidation sites excluding steroid dienone is 3. The van der Waals surface area contributed by atoms with Crippen molar-refractivity contribution in [1.29, 1.82) is 5.41 Å². The first-order chi connectivity index (χ1) is 13.5. The largest absolute Gasteiger partial charge is 0.402 e. The molecule has 0 bridgehead atoms. The number of unbranched alkanes of at least 4 members (excludes halogenated alkanes) is 3. The average molecular weight is 401 g/mol. The first-order valence-electron chi connectivity index (χ1n) is 12.1. The average Bonchev–Trinajstić information content (AvgIpc) is 2.74. The van der Waals surface area contributed by atoms with E-state index in [1.165, 1.54) is 44.7 Å². The van der Waals surface area contributed by atoms with Crippen LogP contribution in [0.2, 0.25) is 0 Å². The normalized spacial score (nSPS) is 8.64. The van der Waals surface area contributed by atoms with Crippen LogP contribution in [-0.2, 0) is 0 Å². The lowest BCUT2D eigenvalue weighted by atomic mass is 9.98. The van der Waals surface area contributed by atoms with Gasteiger partial charge < -0.3 is 11.1 Å². The Balaban J connectivity index is -0.0000000614. The number of hydrogen-bond acceptors (Lipinski definition) is 2. The Kier molecular flexibility index (Phi) is 83.0. The fourth-order valence-electron chi connectivity index (χ4n) is 1.82. The zero-order valence-corrected chi connectivity index (χ0v) is 22.0. The van der Waals surface area contributed by atoms with E-state index < -0.39 is 0 Å². The second kappa shape index (κ2) is 56.2. The van der Waals surface area contributed by atoms with Crippen LogP contribution in [0, 0.1) is 11.3 Å². The third-order valence-electron chi connectivity index (χ3n) is 3.22. The van der Waals surface area contributed by atoms with Crippen LogP contribution < -0.4 is 5.73 Å². The highest BCUT2D eigenvalue weighted by atomic mass is 14.6. The zero-order chi connectivity index (χ0) is 23.6. The quantitative estimate of drug-likeness (QED) is 0.278.